The number of furan rings is 1. The van der Waals surface area contributed by atoms with E-state index in [-0.39, 0.29) is 5.91 Å². The monoisotopic (exact) mass is 275 g/mol. The normalized spacial score (nSPS) is 10.1. The van der Waals surface area contributed by atoms with Gasteiger partial charge >= 0.3 is 0 Å². The quantitative estimate of drug-likeness (QED) is 0.880. The lowest BCUT2D eigenvalue weighted by molar-refractivity contribution is -0.116. The van der Waals surface area contributed by atoms with Gasteiger partial charge in [0.2, 0.25) is 5.91 Å². The van der Waals surface area contributed by atoms with Crippen molar-refractivity contribution in [1.82, 2.24) is 0 Å². The highest BCUT2D eigenvalue weighted by Gasteiger charge is 2.09. The Balaban J connectivity index is 1.99. The molecule has 0 aliphatic carbocycles. The number of hydrogen-bond acceptors (Lipinski definition) is 4. The number of methoxy groups -OCH3 is 2. The number of aryl methyl sites for hydroxylation is 1. The van der Waals surface area contributed by atoms with E-state index in [0.717, 1.165) is 5.76 Å². The third-order valence-corrected chi connectivity index (χ3v) is 2.86. The molecule has 1 aromatic carbocycles. The molecule has 0 radical (unpaired) electrons. The van der Waals surface area contributed by atoms with Gasteiger partial charge in [-0.05, 0) is 24.3 Å². The Kier molecular flexibility index (Phi) is 4.65. The van der Waals surface area contributed by atoms with Crippen LogP contribution in [0.1, 0.15) is 12.2 Å². The summed E-state index contributed by atoms with van der Waals surface area (Å²) in [4.78, 5) is 11.9. The number of rotatable bonds is 6. The molecule has 0 spiro atoms. The number of anilines is 1. The summed E-state index contributed by atoms with van der Waals surface area (Å²) >= 11 is 0. The topological polar surface area (TPSA) is 60.7 Å². The average molecular weight is 275 g/mol. The SMILES string of the molecule is COc1ccc(OC)c(NC(=O)CCc2ccco2)c1. The standard InChI is InChI=1S/C15H17NO4/c1-18-12-5-7-14(19-2)13(10-12)16-15(17)8-6-11-4-3-9-20-11/h3-5,7,9-10H,6,8H2,1-2H3,(H,16,17). The van der Waals surface area contributed by atoms with E-state index in [4.69, 9.17) is 13.9 Å². The van der Waals surface area contributed by atoms with Crippen molar-refractivity contribution in [3.05, 3.63) is 42.4 Å². The van der Waals surface area contributed by atoms with Gasteiger partial charge in [0.25, 0.3) is 0 Å². The van der Waals surface area contributed by atoms with Gasteiger partial charge in [-0.25, -0.2) is 0 Å². The Morgan fingerprint density at radius 3 is 2.75 bits per heavy atom. The minimum absolute atomic E-state index is 0.104. The Morgan fingerprint density at radius 1 is 1.25 bits per heavy atom. The molecule has 2 rings (SSSR count). The molecular weight excluding hydrogens is 258 g/mol. The first-order valence-corrected chi connectivity index (χ1v) is 6.27. The molecule has 0 aliphatic heterocycles. The number of nitrogens with one attached hydrogen (secondary N) is 1. The molecule has 0 unspecified atom stereocenters. The summed E-state index contributed by atoms with van der Waals surface area (Å²) in [6, 6.07) is 8.90. The second-order valence-electron chi connectivity index (χ2n) is 4.19. The predicted molar refractivity (Wildman–Crippen MR) is 75.2 cm³/mol. The van der Waals surface area contributed by atoms with Crippen LogP contribution < -0.4 is 14.8 Å². The minimum atomic E-state index is -0.104. The molecule has 1 aromatic heterocycles. The summed E-state index contributed by atoms with van der Waals surface area (Å²) in [6.45, 7) is 0. The molecule has 106 valence electrons. The minimum Gasteiger partial charge on any atom is -0.497 e. The fourth-order valence-electron chi connectivity index (χ4n) is 1.82. The van der Waals surface area contributed by atoms with E-state index < -0.39 is 0 Å². The summed E-state index contributed by atoms with van der Waals surface area (Å²) in [5, 5.41) is 2.81. The summed E-state index contributed by atoms with van der Waals surface area (Å²) in [6.07, 6.45) is 2.50. The van der Waals surface area contributed by atoms with Crippen LogP contribution in [0.5, 0.6) is 11.5 Å². The number of carbonyl (C=O) groups is 1. The van der Waals surface area contributed by atoms with Crippen LogP contribution in [-0.2, 0) is 11.2 Å². The van der Waals surface area contributed by atoms with E-state index in [1.165, 1.54) is 0 Å². The number of ether oxygens (including phenoxy) is 2. The second-order valence-corrected chi connectivity index (χ2v) is 4.19. The molecule has 1 amide bonds. The maximum absolute atomic E-state index is 11.9. The summed E-state index contributed by atoms with van der Waals surface area (Å²) < 4.78 is 15.5. The first-order chi connectivity index (χ1) is 9.72. The van der Waals surface area contributed by atoms with Crippen molar-refractivity contribution in [3.8, 4) is 11.5 Å². The van der Waals surface area contributed by atoms with Gasteiger partial charge in [-0.3, -0.25) is 4.79 Å². The molecule has 2 aromatic rings. The van der Waals surface area contributed by atoms with E-state index >= 15 is 0 Å². The fraction of sp³-hybridized carbons (Fsp3) is 0.267. The molecular formula is C15H17NO4. The third-order valence-electron chi connectivity index (χ3n) is 2.86. The Hall–Kier alpha value is -2.43. The number of benzene rings is 1. The van der Waals surface area contributed by atoms with E-state index in [9.17, 15) is 4.79 Å². The van der Waals surface area contributed by atoms with Crippen LogP contribution in [0, 0.1) is 0 Å². The van der Waals surface area contributed by atoms with Crippen molar-refractivity contribution >= 4 is 11.6 Å². The summed E-state index contributed by atoms with van der Waals surface area (Å²) in [5.74, 6) is 1.94. The zero-order chi connectivity index (χ0) is 14.4. The highest BCUT2D eigenvalue weighted by atomic mass is 16.5. The maximum Gasteiger partial charge on any atom is 0.224 e. The van der Waals surface area contributed by atoms with Crippen molar-refractivity contribution in [3.63, 3.8) is 0 Å². The van der Waals surface area contributed by atoms with Gasteiger partial charge in [0.15, 0.2) is 0 Å². The van der Waals surface area contributed by atoms with Crippen LogP contribution in [0.2, 0.25) is 0 Å². The molecule has 0 fully saturated rings. The lowest BCUT2D eigenvalue weighted by atomic mass is 10.2. The van der Waals surface area contributed by atoms with Crippen molar-refractivity contribution in [1.29, 1.82) is 0 Å². The molecule has 1 heterocycles. The first kappa shape index (κ1) is 14.0. The van der Waals surface area contributed by atoms with E-state index in [1.807, 2.05) is 6.07 Å². The number of amides is 1. The zero-order valence-corrected chi connectivity index (χ0v) is 11.5. The lowest BCUT2D eigenvalue weighted by Gasteiger charge is -2.11. The van der Waals surface area contributed by atoms with Crippen LogP contribution in [0.25, 0.3) is 0 Å². The van der Waals surface area contributed by atoms with E-state index in [2.05, 4.69) is 5.32 Å². The summed E-state index contributed by atoms with van der Waals surface area (Å²) in [7, 11) is 3.13. The van der Waals surface area contributed by atoms with Gasteiger partial charge in [0.05, 0.1) is 26.2 Å². The van der Waals surface area contributed by atoms with Crippen LogP contribution in [0.15, 0.2) is 41.0 Å². The van der Waals surface area contributed by atoms with Crippen molar-refractivity contribution in [2.75, 3.05) is 19.5 Å². The fourth-order valence-corrected chi connectivity index (χ4v) is 1.82. The Bertz CT molecular complexity index is 563. The molecule has 20 heavy (non-hydrogen) atoms. The zero-order valence-electron chi connectivity index (χ0n) is 11.5. The Labute approximate surface area is 117 Å². The van der Waals surface area contributed by atoms with Gasteiger partial charge in [0.1, 0.15) is 17.3 Å². The molecule has 1 N–H and O–H groups in total. The maximum atomic E-state index is 11.9. The smallest absolute Gasteiger partial charge is 0.224 e. The lowest BCUT2D eigenvalue weighted by Crippen LogP contribution is -2.13. The van der Waals surface area contributed by atoms with Crippen molar-refractivity contribution < 1.29 is 18.7 Å². The summed E-state index contributed by atoms with van der Waals surface area (Å²) in [5.41, 5.74) is 0.594. The molecule has 0 saturated heterocycles. The average Bonchev–Trinajstić information content (AvgIpc) is 2.98. The van der Waals surface area contributed by atoms with Gasteiger partial charge in [-0.15, -0.1) is 0 Å². The molecule has 0 bridgehead atoms. The van der Waals surface area contributed by atoms with Gasteiger partial charge in [-0.1, -0.05) is 0 Å². The highest BCUT2D eigenvalue weighted by Crippen LogP contribution is 2.29. The van der Waals surface area contributed by atoms with Crippen LogP contribution >= 0.6 is 0 Å². The first-order valence-electron chi connectivity index (χ1n) is 6.27. The van der Waals surface area contributed by atoms with Crippen molar-refractivity contribution in [2.24, 2.45) is 0 Å². The van der Waals surface area contributed by atoms with E-state index in [1.54, 1.807) is 44.7 Å². The van der Waals surface area contributed by atoms with E-state index in [0.29, 0.717) is 30.0 Å². The van der Waals surface area contributed by atoms with Gasteiger partial charge < -0.3 is 19.2 Å². The molecule has 0 atom stereocenters. The highest BCUT2D eigenvalue weighted by molar-refractivity contribution is 5.92. The molecule has 0 aliphatic rings. The Morgan fingerprint density at radius 2 is 2.10 bits per heavy atom. The van der Waals surface area contributed by atoms with Gasteiger partial charge in [0, 0.05) is 18.9 Å². The van der Waals surface area contributed by atoms with Crippen LogP contribution in [0.3, 0.4) is 0 Å². The predicted octanol–water partition coefficient (Wildman–Crippen LogP) is 2.87. The molecule has 0 saturated carbocycles. The largest absolute Gasteiger partial charge is 0.497 e. The molecule has 5 heteroatoms. The molecule has 5 nitrogen and oxygen atoms in total. The van der Waals surface area contributed by atoms with Crippen molar-refractivity contribution in [2.45, 2.75) is 12.8 Å². The van der Waals surface area contributed by atoms with Crippen LogP contribution in [-0.4, -0.2) is 20.1 Å². The second kappa shape index (κ2) is 6.65. The van der Waals surface area contributed by atoms with Gasteiger partial charge in [-0.2, -0.15) is 0 Å². The number of carbonyl (C=O) groups excluding carboxylic acids is 1. The van der Waals surface area contributed by atoms with Crippen LogP contribution in [0.4, 0.5) is 5.69 Å². The number of hydrogen-bond donors (Lipinski definition) is 1. The third kappa shape index (κ3) is 3.54.